The van der Waals surface area contributed by atoms with Gasteiger partial charge >= 0.3 is 5.97 Å². The monoisotopic (exact) mass is 306 g/mol. The molecule has 20 heavy (non-hydrogen) atoms. The Labute approximate surface area is 116 Å². The summed E-state index contributed by atoms with van der Waals surface area (Å²) in [6, 6.07) is 0. The average Bonchev–Trinajstić information content (AvgIpc) is 2.04. The lowest BCUT2D eigenvalue weighted by Crippen LogP contribution is -2.67. The van der Waals surface area contributed by atoms with Crippen molar-refractivity contribution in [1.29, 1.82) is 0 Å². The Bertz CT molecular complexity index is 536. The van der Waals surface area contributed by atoms with E-state index in [1.807, 2.05) is 0 Å². The Morgan fingerprint density at radius 1 is 1.10 bits per heavy atom. The van der Waals surface area contributed by atoms with Crippen LogP contribution in [-0.4, -0.2) is 51.7 Å². The number of rotatable bonds is 3. The zero-order chi connectivity index (χ0) is 14.8. The Kier molecular flexibility index (Phi) is 2.80. The summed E-state index contributed by atoms with van der Waals surface area (Å²) in [5, 5.41) is 20.9. The van der Waals surface area contributed by atoms with E-state index in [4.69, 9.17) is 9.29 Å². The van der Waals surface area contributed by atoms with Gasteiger partial charge in [-0.1, -0.05) is 0 Å². The molecule has 0 aliphatic heterocycles. The maximum atomic E-state index is 11.6. The minimum Gasteiger partial charge on any atom is -0.458 e. The number of carbonyl (C=O) groups is 1. The van der Waals surface area contributed by atoms with Crippen molar-refractivity contribution in [1.82, 2.24) is 0 Å². The van der Waals surface area contributed by atoms with Gasteiger partial charge in [0.25, 0.3) is 10.1 Å². The molecule has 114 valence electrons. The molecule has 4 rings (SSSR count). The normalized spacial score (nSPS) is 46.5. The molecule has 0 heterocycles. The van der Waals surface area contributed by atoms with Crippen LogP contribution in [0.2, 0.25) is 0 Å². The summed E-state index contributed by atoms with van der Waals surface area (Å²) in [4.78, 5) is 11.6. The van der Waals surface area contributed by atoms with Crippen LogP contribution in [0.25, 0.3) is 0 Å². The van der Waals surface area contributed by atoms with E-state index in [0.29, 0.717) is 19.3 Å². The first-order chi connectivity index (χ1) is 9.01. The highest BCUT2D eigenvalue weighted by Gasteiger charge is 2.64. The minimum absolute atomic E-state index is 0.0692. The zero-order valence-electron chi connectivity index (χ0n) is 10.9. The average molecular weight is 306 g/mol. The van der Waals surface area contributed by atoms with E-state index in [2.05, 4.69) is 0 Å². The third kappa shape index (κ3) is 2.57. The maximum Gasteiger partial charge on any atom is 0.324 e. The van der Waals surface area contributed by atoms with Crippen molar-refractivity contribution in [2.45, 2.75) is 55.3 Å². The number of hydrogen-bond acceptors (Lipinski definition) is 6. The highest BCUT2D eigenvalue weighted by Crippen LogP contribution is 2.60. The van der Waals surface area contributed by atoms with Gasteiger partial charge in [-0.25, -0.2) is 0 Å². The standard InChI is InChI=1S/C12H18O7S/c13-9(4-20(16,17)18)19-12-3-8-1-10(14,6-12)5-11(15,2-8)7-12/h8,14-15H,1-7H2,(H,16,17,18)/t8?,10-,11?,12?/m1/s1. The van der Waals surface area contributed by atoms with E-state index >= 15 is 0 Å². The van der Waals surface area contributed by atoms with Gasteiger partial charge in [-0.15, -0.1) is 0 Å². The van der Waals surface area contributed by atoms with Gasteiger partial charge in [-0.05, 0) is 25.2 Å². The number of hydrogen-bond donors (Lipinski definition) is 3. The molecule has 3 unspecified atom stereocenters. The third-order valence-electron chi connectivity index (χ3n) is 4.59. The van der Waals surface area contributed by atoms with Crippen molar-refractivity contribution >= 4 is 16.1 Å². The van der Waals surface area contributed by atoms with Crippen molar-refractivity contribution < 1.29 is 32.7 Å². The van der Waals surface area contributed by atoms with Gasteiger partial charge in [-0.3, -0.25) is 9.35 Å². The molecule has 4 aliphatic carbocycles. The van der Waals surface area contributed by atoms with Crippen molar-refractivity contribution in [3.63, 3.8) is 0 Å². The lowest BCUT2D eigenvalue weighted by molar-refractivity contribution is -0.260. The molecule has 0 aromatic heterocycles. The molecule has 0 saturated heterocycles. The largest absolute Gasteiger partial charge is 0.458 e. The van der Waals surface area contributed by atoms with E-state index in [0.717, 1.165) is 0 Å². The van der Waals surface area contributed by atoms with Crippen LogP contribution in [0.15, 0.2) is 0 Å². The lowest BCUT2D eigenvalue weighted by atomic mass is 9.50. The van der Waals surface area contributed by atoms with E-state index in [-0.39, 0.29) is 25.2 Å². The molecule has 4 saturated carbocycles. The van der Waals surface area contributed by atoms with Crippen LogP contribution in [-0.2, 0) is 19.6 Å². The van der Waals surface area contributed by atoms with Crippen LogP contribution in [0.1, 0.15) is 38.5 Å². The number of carbonyl (C=O) groups excluding carboxylic acids is 1. The second kappa shape index (κ2) is 3.94. The Balaban J connectivity index is 1.81. The molecule has 0 amide bonds. The third-order valence-corrected chi connectivity index (χ3v) is 5.19. The van der Waals surface area contributed by atoms with Crippen molar-refractivity contribution in [2.75, 3.05) is 5.75 Å². The van der Waals surface area contributed by atoms with Crippen LogP contribution in [0, 0.1) is 5.92 Å². The van der Waals surface area contributed by atoms with E-state index in [1.165, 1.54) is 0 Å². The molecule has 4 fully saturated rings. The van der Waals surface area contributed by atoms with Crippen molar-refractivity contribution in [3.05, 3.63) is 0 Å². The summed E-state index contributed by atoms with van der Waals surface area (Å²) in [5.41, 5.74) is -3.11. The minimum atomic E-state index is -4.44. The van der Waals surface area contributed by atoms with Gasteiger partial charge in [0.05, 0.1) is 11.2 Å². The van der Waals surface area contributed by atoms with Gasteiger partial charge in [0, 0.05) is 19.3 Å². The number of aliphatic hydroxyl groups is 2. The molecule has 0 radical (unpaired) electrons. The summed E-state index contributed by atoms with van der Waals surface area (Å²) in [7, 11) is -4.44. The Hall–Kier alpha value is -0.700. The molecule has 7 nitrogen and oxygen atoms in total. The molecule has 0 aromatic rings. The molecular formula is C12H18O7S. The summed E-state index contributed by atoms with van der Waals surface area (Å²) >= 11 is 0. The Morgan fingerprint density at radius 3 is 2.10 bits per heavy atom. The first-order valence-corrected chi connectivity index (χ1v) is 8.23. The zero-order valence-corrected chi connectivity index (χ0v) is 11.7. The quantitative estimate of drug-likeness (QED) is 0.480. The molecule has 4 atom stereocenters. The van der Waals surface area contributed by atoms with E-state index < -0.39 is 38.6 Å². The SMILES string of the molecule is O=C(CS(=O)(=O)O)OC12CC3CC(O)(C1)C[C@](O)(C3)C2. The molecule has 0 aromatic carbocycles. The van der Waals surface area contributed by atoms with E-state index in [9.17, 15) is 23.4 Å². The van der Waals surface area contributed by atoms with Crippen LogP contribution >= 0.6 is 0 Å². The lowest BCUT2D eigenvalue weighted by Gasteiger charge is -2.62. The molecule has 3 N–H and O–H groups in total. The fourth-order valence-corrected chi connectivity index (χ4v) is 5.14. The maximum absolute atomic E-state index is 11.6. The second-order valence-corrected chi connectivity index (χ2v) is 8.29. The van der Waals surface area contributed by atoms with Gasteiger partial charge in [0.15, 0.2) is 5.75 Å². The summed E-state index contributed by atoms with van der Waals surface area (Å²) in [6.45, 7) is 0. The highest BCUT2D eigenvalue weighted by molar-refractivity contribution is 7.86. The first kappa shape index (κ1) is 14.2. The van der Waals surface area contributed by atoms with Crippen molar-refractivity contribution in [2.24, 2.45) is 5.92 Å². The molecule has 4 bridgehead atoms. The highest BCUT2D eigenvalue weighted by atomic mass is 32.2. The number of ether oxygens (including phenoxy) is 1. The number of esters is 1. The molecule has 0 spiro atoms. The fourth-order valence-electron chi connectivity index (χ4n) is 4.78. The van der Waals surface area contributed by atoms with Gasteiger partial charge in [0.1, 0.15) is 5.60 Å². The predicted molar refractivity (Wildman–Crippen MR) is 66.3 cm³/mol. The van der Waals surface area contributed by atoms with Crippen LogP contribution < -0.4 is 0 Å². The molecule has 4 aliphatic rings. The Morgan fingerprint density at radius 2 is 1.65 bits per heavy atom. The summed E-state index contributed by atoms with van der Waals surface area (Å²) in [5.74, 6) is -2.07. The smallest absolute Gasteiger partial charge is 0.324 e. The fraction of sp³-hybridized carbons (Fsp3) is 0.917. The predicted octanol–water partition coefficient (Wildman–Crippen LogP) is -0.384. The van der Waals surface area contributed by atoms with Crippen molar-refractivity contribution in [3.8, 4) is 0 Å². The van der Waals surface area contributed by atoms with Crippen LogP contribution in [0.5, 0.6) is 0 Å². The van der Waals surface area contributed by atoms with Crippen LogP contribution in [0.4, 0.5) is 0 Å². The van der Waals surface area contributed by atoms with Gasteiger partial charge < -0.3 is 14.9 Å². The topological polar surface area (TPSA) is 121 Å². The second-order valence-electron chi connectivity index (χ2n) is 6.84. The van der Waals surface area contributed by atoms with Gasteiger partial charge in [0.2, 0.25) is 0 Å². The summed E-state index contributed by atoms with van der Waals surface area (Å²) < 4.78 is 35.4. The molecular weight excluding hydrogens is 288 g/mol. The summed E-state index contributed by atoms with van der Waals surface area (Å²) in [6.07, 6.45) is 2.38. The van der Waals surface area contributed by atoms with E-state index in [1.54, 1.807) is 0 Å². The van der Waals surface area contributed by atoms with Gasteiger partial charge in [-0.2, -0.15) is 8.42 Å². The first-order valence-electron chi connectivity index (χ1n) is 6.62. The van der Waals surface area contributed by atoms with Crippen LogP contribution in [0.3, 0.4) is 0 Å². The molecule has 8 heteroatoms.